The maximum Gasteiger partial charge on any atom is 0.00756 e. The molecule has 18 heavy (non-hydrogen) atoms. The Labute approximate surface area is 115 Å². The zero-order valence-electron chi connectivity index (χ0n) is 11.0. The fraction of sp³-hybridized carbons (Fsp3) is 0.625. The molecule has 1 saturated carbocycles. The molecule has 1 saturated heterocycles. The Hall–Kier alpha value is -0.470. The van der Waals surface area contributed by atoms with E-state index in [2.05, 4.69) is 36.0 Å². The first kappa shape index (κ1) is 12.6. The highest BCUT2D eigenvalue weighted by atomic mass is 32.2. The Morgan fingerprint density at radius 1 is 1.22 bits per heavy atom. The molecule has 0 amide bonds. The Kier molecular flexibility index (Phi) is 3.67. The van der Waals surface area contributed by atoms with Gasteiger partial charge in [-0.2, -0.15) is 11.8 Å². The van der Waals surface area contributed by atoms with Gasteiger partial charge in [0.2, 0.25) is 0 Å². The summed E-state index contributed by atoms with van der Waals surface area (Å²) in [5.41, 5.74) is 9.41. The summed E-state index contributed by atoms with van der Waals surface area (Å²) in [6, 6.07) is 9.34. The normalized spacial score (nSPS) is 23.6. The molecule has 0 unspecified atom stereocenters. The van der Waals surface area contributed by atoms with Gasteiger partial charge in [0.15, 0.2) is 0 Å². The average Bonchev–Trinajstić information content (AvgIpc) is 2.40. The topological polar surface area (TPSA) is 26.0 Å². The van der Waals surface area contributed by atoms with Crippen molar-refractivity contribution in [3.05, 3.63) is 35.4 Å². The molecule has 1 nitrogen and oxygen atoms in total. The maximum absolute atomic E-state index is 6.03. The minimum absolute atomic E-state index is 0.319. The monoisotopic (exact) mass is 261 g/mol. The van der Waals surface area contributed by atoms with Crippen LogP contribution < -0.4 is 5.73 Å². The highest BCUT2D eigenvalue weighted by Crippen LogP contribution is 2.44. The minimum Gasteiger partial charge on any atom is -0.330 e. The summed E-state index contributed by atoms with van der Waals surface area (Å²) in [5, 5.41) is 0. The first-order valence-corrected chi connectivity index (χ1v) is 8.38. The first-order valence-electron chi connectivity index (χ1n) is 7.22. The van der Waals surface area contributed by atoms with Crippen molar-refractivity contribution in [2.24, 2.45) is 5.73 Å². The third-order valence-electron chi connectivity index (χ3n) is 4.89. The predicted molar refractivity (Wildman–Crippen MR) is 80.3 cm³/mol. The molecule has 3 rings (SSSR count). The van der Waals surface area contributed by atoms with E-state index in [4.69, 9.17) is 5.73 Å². The molecule has 0 spiro atoms. The summed E-state index contributed by atoms with van der Waals surface area (Å²) in [6.45, 7) is 0.816. The van der Waals surface area contributed by atoms with E-state index in [1.165, 1.54) is 49.2 Å². The molecule has 1 aromatic rings. The van der Waals surface area contributed by atoms with Crippen LogP contribution in [0.2, 0.25) is 0 Å². The molecule has 2 aliphatic rings. The third kappa shape index (κ3) is 2.21. The lowest BCUT2D eigenvalue weighted by molar-refractivity contribution is 0.253. The Bertz CT molecular complexity index is 400. The van der Waals surface area contributed by atoms with Crippen molar-refractivity contribution in [3.63, 3.8) is 0 Å². The molecule has 1 aliphatic heterocycles. The molecule has 0 aromatic heterocycles. The van der Waals surface area contributed by atoms with Crippen LogP contribution in [0.1, 0.15) is 49.1 Å². The summed E-state index contributed by atoms with van der Waals surface area (Å²) >= 11 is 2.10. The number of benzene rings is 1. The second-order valence-electron chi connectivity index (χ2n) is 5.85. The van der Waals surface area contributed by atoms with Crippen molar-refractivity contribution in [3.8, 4) is 0 Å². The van der Waals surface area contributed by atoms with Gasteiger partial charge in [-0.15, -0.1) is 0 Å². The van der Waals surface area contributed by atoms with Crippen molar-refractivity contribution in [2.75, 3.05) is 18.1 Å². The van der Waals surface area contributed by atoms with E-state index >= 15 is 0 Å². The quantitative estimate of drug-likeness (QED) is 0.898. The van der Waals surface area contributed by atoms with E-state index in [0.29, 0.717) is 5.41 Å². The summed E-state index contributed by atoms with van der Waals surface area (Å²) < 4.78 is 0. The maximum atomic E-state index is 6.03. The highest BCUT2D eigenvalue weighted by molar-refractivity contribution is 7.99. The van der Waals surface area contributed by atoms with Crippen LogP contribution in [-0.4, -0.2) is 18.1 Å². The molecule has 0 bridgehead atoms. The minimum atomic E-state index is 0.319. The molecule has 0 radical (unpaired) electrons. The van der Waals surface area contributed by atoms with Crippen molar-refractivity contribution in [1.82, 2.24) is 0 Å². The number of rotatable bonds is 3. The molecule has 2 heteroatoms. The van der Waals surface area contributed by atoms with Crippen molar-refractivity contribution < 1.29 is 0 Å². The van der Waals surface area contributed by atoms with Gasteiger partial charge in [0.05, 0.1) is 0 Å². The first-order chi connectivity index (χ1) is 8.84. The Morgan fingerprint density at radius 2 is 2.00 bits per heavy atom. The second-order valence-corrected chi connectivity index (χ2v) is 7.07. The largest absolute Gasteiger partial charge is 0.330 e. The van der Waals surface area contributed by atoms with Gasteiger partial charge < -0.3 is 5.73 Å². The lowest BCUT2D eigenvalue weighted by Gasteiger charge is -2.42. The van der Waals surface area contributed by atoms with Crippen LogP contribution >= 0.6 is 11.8 Å². The van der Waals surface area contributed by atoms with E-state index in [0.717, 1.165) is 12.5 Å². The van der Waals surface area contributed by atoms with Gasteiger partial charge >= 0.3 is 0 Å². The van der Waals surface area contributed by atoms with Gasteiger partial charge in [0.1, 0.15) is 0 Å². The van der Waals surface area contributed by atoms with Crippen LogP contribution in [0.25, 0.3) is 0 Å². The fourth-order valence-electron chi connectivity index (χ4n) is 3.37. The standard InChI is InChI=1S/C16H23NS/c17-12-16(7-2-8-16)15-4-1-3-14(11-15)13-5-9-18-10-6-13/h1,3-4,11,13H,2,5-10,12,17H2. The average molecular weight is 261 g/mol. The molecule has 1 heterocycles. The van der Waals surface area contributed by atoms with Crippen molar-refractivity contribution in [1.29, 1.82) is 0 Å². The zero-order valence-corrected chi connectivity index (χ0v) is 11.8. The molecule has 1 aromatic carbocycles. The molecule has 98 valence electrons. The smallest absolute Gasteiger partial charge is 0.00756 e. The lowest BCUT2D eigenvalue weighted by atomic mass is 9.64. The van der Waals surface area contributed by atoms with Gasteiger partial charge in [0.25, 0.3) is 0 Å². The van der Waals surface area contributed by atoms with Gasteiger partial charge in [-0.1, -0.05) is 30.7 Å². The van der Waals surface area contributed by atoms with Crippen molar-refractivity contribution >= 4 is 11.8 Å². The van der Waals surface area contributed by atoms with E-state index in [-0.39, 0.29) is 0 Å². The second kappa shape index (κ2) is 5.26. The molecule has 2 fully saturated rings. The Balaban J connectivity index is 1.84. The summed E-state index contributed by atoms with van der Waals surface area (Å²) in [7, 11) is 0. The van der Waals surface area contributed by atoms with Gasteiger partial charge in [-0.05, 0) is 54.2 Å². The molecule has 0 atom stereocenters. The van der Waals surface area contributed by atoms with Crippen LogP contribution in [0.15, 0.2) is 24.3 Å². The molecular weight excluding hydrogens is 238 g/mol. The van der Waals surface area contributed by atoms with Crippen LogP contribution in [0.4, 0.5) is 0 Å². The predicted octanol–water partition coefficient (Wildman–Crippen LogP) is 3.68. The summed E-state index contributed by atoms with van der Waals surface area (Å²) in [4.78, 5) is 0. The third-order valence-corrected chi connectivity index (χ3v) is 5.94. The summed E-state index contributed by atoms with van der Waals surface area (Å²) in [6.07, 6.45) is 6.62. The highest BCUT2D eigenvalue weighted by Gasteiger charge is 2.37. The lowest BCUT2D eigenvalue weighted by Crippen LogP contribution is -2.41. The van der Waals surface area contributed by atoms with Crippen LogP contribution in [-0.2, 0) is 5.41 Å². The summed E-state index contributed by atoms with van der Waals surface area (Å²) in [5.74, 6) is 3.45. The van der Waals surface area contributed by atoms with Gasteiger partial charge in [0, 0.05) is 12.0 Å². The number of hydrogen-bond donors (Lipinski definition) is 1. The van der Waals surface area contributed by atoms with Crippen LogP contribution in [0, 0.1) is 0 Å². The zero-order chi connectivity index (χ0) is 12.4. The van der Waals surface area contributed by atoms with E-state index in [1.807, 2.05) is 0 Å². The van der Waals surface area contributed by atoms with E-state index in [1.54, 1.807) is 5.56 Å². The Morgan fingerprint density at radius 3 is 2.61 bits per heavy atom. The number of nitrogens with two attached hydrogens (primary N) is 1. The van der Waals surface area contributed by atoms with E-state index < -0.39 is 0 Å². The van der Waals surface area contributed by atoms with Crippen LogP contribution in [0.3, 0.4) is 0 Å². The van der Waals surface area contributed by atoms with Crippen LogP contribution in [0.5, 0.6) is 0 Å². The number of thioether (sulfide) groups is 1. The SMILES string of the molecule is NCC1(c2cccc(C3CCSCC3)c2)CCC1. The molecule has 1 aliphatic carbocycles. The van der Waals surface area contributed by atoms with Gasteiger partial charge in [-0.25, -0.2) is 0 Å². The number of hydrogen-bond acceptors (Lipinski definition) is 2. The van der Waals surface area contributed by atoms with Gasteiger partial charge in [-0.3, -0.25) is 0 Å². The fourth-order valence-corrected chi connectivity index (χ4v) is 4.47. The van der Waals surface area contributed by atoms with Crippen molar-refractivity contribution in [2.45, 2.75) is 43.4 Å². The molecule has 2 N–H and O–H groups in total. The molecular formula is C16H23NS. The van der Waals surface area contributed by atoms with E-state index in [9.17, 15) is 0 Å².